The second-order valence-corrected chi connectivity index (χ2v) is 5.84. The fourth-order valence-electron chi connectivity index (χ4n) is 2.90. The van der Waals surface area contributed by atoms with Crippen LogP contribution in [-0.4, -0.2) is 16.9 Å². The highest BCUT2D eigenvalue weighted by Gasteiger charge is 2.19. The van der Waals surface area contributed by atoms with Gasteiger partial charge in [0, 0.05) is 17.9 Å². The summed E-state index contributed by atoms with van der Waals surface area (Å²) in [5.74, 6) is -0.0329. The molecule has 1 fully saturated rings. The Bertz CT molecular complexity index is 683. The predicted octanol–water partition coefficient (Wildman–Crippen LogP) is 4.03. The van der Waals surface area contributed by atoms with Gasteiger partial charge < -0.3 is 10.6 Å². The standard InChI is InChI=1S/C18H20FN3O/c19-13-6-4-9-15(12-13)21-17-16(10-5-11-20-17)18(23)22-14-7-2-1-3-8-14/h4-6,9-12,14H,1-3,7-8H2,(H,20,21)(H,22,23). The first-order chi connectivity index (χ1) is 11.2. The molecule has 23 heavy (non-hydrogen) atoms. The van der Waals surface area contributed by atoms with Gasteiger partial charge in [0.15, 0.2) is 0 Å². The molecule has 0 atom stereocenters. The van der Waals surface area contributed by atoms with Crippen molar-refractivity contribution in [1.82, 2.24) is 10.3 Å². The summed E-state index contributed by atoms with van der Waals surface area (Å²) in [7, 11) is 0. The number of nitrogens with zero attached hydrogens (tertiary/aromatic N) is 1. The Morgan fingerprint density at radius 2 is 1.96 bits per heavy atom. The van der Waals surface area contributed by atoms with Crippen LogP contribution in [0.2, 0.25) is 0 Å². The molecule has 120 valence electrons. The number of nitrogens with one attached hydrogen (secondary N) is 2. The van der Waals surface area contributed by atoms with E-state index in [1.165, 1.54) is 18.6 Å². The number of rotatable bonds is 4. The lowest BCUT2D eigenvalue weighted by molar-refractivity contribution is 0.0928. The first-order valence-electron chi connectivity index (χ1n) is 8.01. The van der Waals surface area contributed by atoms with Crippen molar-refractivity contribution in [3.8, 4) is 0 Å². The summed E-state index contributed by atoms with van der Waals surface area (Å²) in [5.41, 5.74) is 1.04. The molecule has 2 aromatic rings. The predicted molar refractivity (Wildman–Crippen MR) is 88.3 cm³/mol. The number of pyridine rings is 1. The van der Waals surface area contributed by atoms with Crippen LogP contribution in [0.25, 0.3) is 0 Å². The maximum atomic E-state index is 13.3. The third-order valence-corrected chi connectivity index (χ3v) is 4.08. The molecule has 1 aliphatic carbocycles. The van der Waals surface area contributed by atoms with Crippen LogP contribution in [0.4, 0.5) is 15.9 Å². The molecule has 3 rings (SSSR count). The number of hydrogen-bond acceptors (Lipinski definition) is 3. The molecule has 1 heterocycles. The maximum absolute atomic E-state index is 13.3. The zero-order valence-corrected chi connectivity index (χ0v) is 12.9. The van der Waals surface area contributed by atoms with E-state index in [9.17, 15) is 9.18 Å². The molecule has 0 unspecified atom stereocenters. The van der Waals surface area contributed by atoms with Crippen molar-refractivity contribution >= 4 is 17.4 Å². The maximum Gasteiger partial charge on any atom is 0.255 e. The van der Waals surface area contributed by atoms with E-state index in [1.807, 2.05) is 0 Å². The number of halogens is 1. The summed E-state index contributed by atoms with van der Waals surface area (Å²) in [6.07, 6.45) is 7.22. The molecule has 1 aromatic heterocycles. The van der Waals surface area contributed by atoms with Crippen LogP contribution >= 0.6 is 0 Å². The van der Waals surface area contributed by atoms with Gasteiger partial charge in [-0.1, -0.05) is 25.3 Å². The van der Waals surface area contributed by atoms with Gasteiger partial charge in [-0.15, -0.1) is 0 Å². The number of amides is 1. The van der Waals surface area contributed by atoms with Gasteiger partial charge >= 0.3 is 0 Å². The van der Waals surface area contributed by atoms with Gasteiger partial charge in [0.25, 0.3) is 5.91 Å². The lowest BCUT2D eigenvalue weighted by Gasteiger charge is -2.23. The highest BCUT2D eigenvalue weighted by atomic mass is 19.1. The molecule has 0 radical (unpaired) electrons. The van der Waals surface area contributed by atoms with Crippen LogP contribution in [-0.2, 0) is 0 Å². The van der Waals surface area contributed by atoms with Crippen LogP contribution < -0.4 is 10.6 Å². The van der Waals surface area contributed by atoms with Gasteiger partial charge in [-0.05, 0) is 43.2 Å². The largest absolute Gasteiger partial charge is 0.349 e. The van der Waals surface area contributed by atoms with E-state index in [4.69, 9.17) is 0 Å². The first-order valence-corrected chi connectivity index (χ1v) is 8.01. The fourth-order valence-corrected chi connectivity index (χ4v) is 2.90. The summed E-state index contributed by atoms with van der Waals surface area (Å²) >= 11 is 0. The number of hydrogen-bond donors (Lipinski definition) is 2. The Labute approximate surface area is 135 Å². The number of carbonyl (C=O) groups excluding carboxylic acids is 1. The smallest absolute Gasteiger partial charge is 0.255 e. The van der Waals surface area contributed by atoms with Crippen LogP contribution in [0.5, 0.6) is 0 Å². The molecule has 0 aliphatic heterocycles. The van der Waals surface area contributed by atoms with Crippen LogP contribution in [0.3, 0.4) is 0 Å². The average Bonchev–Trinajstić information content (AvgIpc) is 2.56. The van der Waals surface area contributed by atoms with E-state index >= 15 is 0 Å². The van der Waals surface area contributed by atoms with Crippen molar-refractivity contribution in [2.24, 2.45) is 0 Å². The van der Waals surface area contributed by atoms with E-state index in [0.29, 0.717) is 17.1 Å². The molecule has 4 nitrogen and oxygen atoms in total. The molecule has 1 amide bonds. The van der Waals surface area contributed by atoms with Gasteiger partial charge in [0.1, 0.15) is 11.6 Å². The normalized spacial score (nSPS) is 15.2. The quantitative estimate of drug-likeness (QED) is 0.896. The van der Waals surface area contributed by atoms with Crippen molar-refractivity contribution in [1.29, 1.82) is 0 Å². The minimum atomic E-state index is -0.334. The molecule has 2 N–H and O–H groups in total. The molecule has 0 saturated heterocycles. The van der Waals surface area contributed by atoms with E-state index in [-0.39, 0.29) is 17.8 Å². The molecular weight excluding hydrogens is 293 g/mol. The Balaban J connectivity index is 1.75. The van der Waals surface area contributed by atoms with Crippen molar-refractivity contribution in [3.63, 3.8) is 0 Å². The highest BCUT2D eigenvalue weighted by Crippen LogP contribution is 2.21. The second kappa shape index (κ2) is 7.22. The molecule has 5 heteroatoms. The second-order valence-electron chi connectivity index (χ2n) is 5.84. The monoisotopic (exact) mass is 313 g/mol. The van der Waals surface area contributed by atoms with E-state index < -0.39 is 0 Å². The van der Waals surface area contributed by atoms with Gasteiger partial charge in [0.2, 0.25) is 0 Å². The highest BCUT2D eigenvalue weighted by molar-refractivity contribution is 5.99. The summed E-state index contributed by atoms with van der Waals surface area (Å²) in [6, 6.07) is 9.79. The third kappa shape index (κ3) is 4.06. The molecule has 1 aliphatic rings. The van der Waals surface area contributed by atoms with Gasteiger partial charge in [-0.2, -0.15) is 0 Å². The number of anilines is 2. The van der Waals surface area contributed by atoms with E-state index in [0.717, 1.165) is 25.7 Å². The van der Waals surface area contributed by atoms with Crippen molar-refractivity contribution in [2.75, 3.05) is 5.32 Å². The number of carbonyl (C=O) groups is 1. The van der Waals surface area contributed by atoms with Gasteiger partial charge in [-0.3, -0.25) is 4.79 Å². The zero-order chi connectivity index (χ0) is 16.1. The summed E-state index contributed by atoms with van der Waals surface area (Å²) in [6.45, 7) is 0. The lowest BCUT2D eigenvalue weighted by atomic mass is 9.95. The van der Waals surface area contributed by atoms with Gasteiger partial charge in [-0.25, -0.2) is 9.37 Å². The van der Waals surface area contributed by atoms with Crippen LogP contribution in [0, 0.1) is 5.82 Å². The molecule has 1 saturated carbocycles. The zero-order valence-electron chi connectivity index (χ0n) is 12.9. The van der Waals surface area contributed by atoms with E-state index in [1.54, 1.807) is 30.5 Å². The van der Waals surface area contributed by atoms with Crippen molar-refractivity contribution in [3.05, 3.63) is 54.0 Å². The Morgan fingerprint density at radius 1 is 1.13 bits per heavy atom. The average molecular weight is 313 g/mol. The number of aromatic nitrogens is 1. The summed E-state index contributed by atoms with van der Waals surface area (Å²) in [4.78, 5) is 16.7. The van der Waals surface area contributed by atoms with E-state index in [2.05, 4.69) is 15.6 Å². The first kappa shape index (κ1) is 15.5. The Hall–Kier alpha value is -2.43. The summed E-state index contributed by atoms with van der Waals surface area (Å²) in [5, 5.41) is 6.10. The fraction of sp³-hybridized carbons (Fsp3) is 0.333. The topological polar surface area (TPSA) is 54.0 Å². The van der Waals surface area contributed by atoms with Gasteiger partial charge in [0.05, 0.1) is 5.56 Å². The summed E-state index contributed by atoms with van der Waals surface area (Å²) < 4.78 is 13.3. The minimum absolute atomic E-state index is 0.135. The SMILES string of the molecule is O=C(NC1CCCCC1)c1cccnc1Nc1cccc(F)c1. The Morgan fingerprint density at radius 3 is 2.74 bits per heavy atom. The lowest BCUT2D eigenvalue weighted by Crippen LogP contribution is -2.36. The Kier molecular flexibility index (Phi) is 4.86. The van der Waals surface area contributed by atoms with Crippen LogP contribution in [0.1, 0.15) is 42.5 Å². The number of benzene rings is 1. The minimum Gasteiger partial charge on any atom is -0.349 e. The molecular formula is C18H20FN3O. The van der Waals surface area contributed by atoms with Crippen molar-refractivity contribution in [2.45, 2.75) is 38.1 Å². The van der Waals surface area contributed by atoms with Crippen LogP contribution in [0.15, 0.2) is 42.6 Å². The molecule has 0 spiro atoms. The third-order valence-electron chi connectivity index (χ3n) is 4.08. The van der Waals surface area contributed by atoms with Crippen molar-refractivity contribution < 1.29 is 9.18 Å². The molecule has 1 aromatic carbocycles. The molecule has 0 bridgehead atoms.